The van der Waals surface area contributed by atoms with Gasteiger partial charge in [-0.15, -0.1) is 0 Å². The number of benzene rings is 1. The molecule has 3 rings (SSSR count). The molecule has 1 aromatic rings. The molecular formula is C13H16BrNO3. The second-order valence-electron chi connectivity index (χ2n) is 5.01. The zero-order chi connectivity index (χ0) is 12.9. The fourth-order valence-electron chi connectivity index (χ4n) is 2.82. The van der Waals surface area contributed by atoms with E-state index in [0.717, 1.165) is 45.5 Å². The molecule has 0 fully saturated rings. The van der Waals surface area contributed by atoms with Gasteiger partial charge in [-0.2, -0.15) is 0 Å². The van der Waals surface area contributed by atoms with Gasteiger partial charge in [0.25, 0.3) is 0 Å². The van der Waals surface area contributed by atoms with Crippen LogP contribution in [0.4, 0.5) is 0 Å². The molecular weight excluding hydrogens is 298 g/mol. The predicted molar refractivity (Wildman–Crippen MR) is 70.4 cm³/mol. The van der Waals surface area contributed by atoms with Crippen LogP contribution in [0.1, 0.15) is 30.5 Å². The number of ether oxygens (including phenoxy) is 2. The Hall–Kier alpha value is -0.780. The van der Waals surface area contributed by atoms with E-state index in [-0.39, 0.29) is 12.2 Å². The third-order valence-electron chi connectivity index (χ3n) is 3.53. The van der Waals surface area contributed by atoms with Crippen molar-refractivity contribution < 1.29 is 14.7 Å². The molecule has 0 bridgehead atoms. The largest absolute Gasteiger partial charge is 0.490 e. The van der Waals surface area contributed by atoms with E-state index in [2.05, 4.69) is 35.3 Å². The van der Waals surface area contributed by atoms with Crippen molar-refractivity contribution in [1.29, 1.82) is 0 Å². The summed E-state index contributed by atoms with van der Waals surface area (Å²) < 4.78 is 12.8. The van der Waals surface area contributed by atoms with Crippen LogP contribution < -0.4 is 15.0 Å². The molecule has 1 aromatic carbocycles. The molecule has 0 spiro atoms. The highest BCUT2D eigenvalue weighted by Crippen LogP contribution is 2.49. The summed E-state index contributed by atoms with van der Waals surface area (Å²) in [4.78, 5) is 0. The molecule has 0 aromatic heterocycles. The number of hydrogen-bond acceptors (Lipinski definition) is 4. The van der Waals surface area contributed by atoms with Gasteiger partial charge >= 0.3 is 0 Å². The molecule has 0 aliphatic carbocycles. The van der Waals surface area contributed by atoms with Gasteiger partial charge in [0.15, 0.2) is 0 Å². The van der Waals surface area contributed by atoms with Gasteiger partial charge in [0.2, 0.25) is 0 Å². The monoisotopic (exact) mass is 313 g/mol. The SMILES string of the molecule is CC1Cc2c(CNO)c3c(c(Br)c2O1)CC(C)O3. The highest BCUT2D eigenvalue weighted by Gasteiger charge is 2.34. The van der Waals surface area contributed by atoms with Crippen LogP contribution in [-0.4, -0.2) is 17.4 Å². The predicted octanol–water partition coefficient (Wildman–Crippen LogP) is 2.57. The first-order valence-corrected chi connectivity index (χ1v) is 6.97. The molecule has 2 N–H and O–H groups in total. The topological polar surface area (TPSA) is 50.7 Å². The van der Waals surface area contributed by atoms with Crippen LogP contribution in [0, 0.1) is 0 Å². The molecule has 98 valence electrons. The first-order valence-electron chi connectivity index (χ1n) is 6.18. The number of hydroxylamine groups is 1. The molecule has 18 heavy (non-hydrogen) atoms. The van der Waals surface area contributed by atoms with Gasteiger partial charge in [-0.1, -0.05) is 0 Å². The minimum atomic E-state index is 0.175. The Morgan fingerprint density at radius 2 is 1.78 bits per heavy atom. The lowest BCUT2D eigenvalue weighted by Gasteiger charge is -2.14. The minimum Gasteiger partial charge on any atom is -0.490 e. The van der Waals surface area contributed by atoms with Gasteiger partial charge < -0.3 is 14.7 Å². The molecule has 0 saturated carbocycles. The Kier molecular flexibility index (Phi) is 3.00. The lowest BCUT2D eigenvalue weighted by Crippen LogP contribution is -2.12. The number of hydrogen-bond donors (Lipinski definition) is 2. The summed E-state index contributed by atoms with van der Waals surface area (Å²) in [7, 11) is 0. The normalized spacial score (nSPS) is 24.4. The van der Waals surface area contributed by atoms with E-state index >= 15 is 0 Å². The summed E-state index contributed by atoms with van der Waals surface area (Å²) in [6.45, 7) is 4.50. The molecule has 2 aliphatic heterocycles. The van der Waals surface area contributed by atoms with Crippen molar-refractivity contribution >= 4 is 15.9 Å². The van der Waals surface area contributed by atoms with Crippen LogP contribution in [0.25, 0.3) is 0 Å². The van der Waals surface area contributed by atoms with Crippen LogP contribution in [0.5, 0.6) is 11.5 Å². The Labute approximate surface area is 114 Å². The summed E-state index contributed by atoms with van der Waals surface area (Å²) in [5.41, 5.74) is 5.56. The van der Waals surface area contributed by atoms with Crippen molar-refractivity contribution in [2.75, 3.05) is 0 Å². The van der Waals surface area contributed by atoms with E-state index in [9.17, 15) is 0 Å². The molecule has 2 heterocycles. The van der Waals surface area contributed by atoms with Gasteiger partial charge in [0.05, 0.1) is 4.47 Å². The lowest BCUT2D eigenvalue weighted by molar-refractivity contribution is 0.158. The van der Waals surface area contributed by atoms with Crippen molar-refractivity contribution in [1.82, 2.24) is 5.48 Å². The van der Waals surface area contributed by atoms with Gasteiger partial charge in [0, 0.05) is 36.1 Å². The quantitative estimate of drug-likeness (QED) is 0.824. The number of nitrogens with one attached hydrogen (secondary N) is 1. The van der Waals surface area contributed by atoms with Crippen LogP contribution in [0.15, 0.2) is 4.47 Å². The molecule has 0 saturated heterocycles. The standard InChI is InChI=1S/C13H16BrNO3/c1-6-3-8-10(5-15-16)12-9(4-7(2)17-12)11(14)13(8)18-6/h6-7,15-16H,3-5H2,1-2H3. The summed E-state index contributed by atoms with van der Waals surface area (Å²) in [6, 6.07) is 0. The first-order chi connectivity index (χ1) is 8.61. The zero-order valence-corrected chi connectivity index (χ0v) is 12.0. The van der Waals surface area contributed by atoms with E-state index in [0.29, 0.717) is 6.54 Å². The Morgan fingerprint density at radius 1 is 1.17 bits per heavy atom. The van der Waals surface area contributed by atoms with Gasteiger partial charge in [-0.25, -0.2) is 5.48 Å². The molecule has 4 nitrogen and oxygen atoms in total. The van der Waals surface area contributed by atoms with Crippen LogP contribution >= 0.6 is 15.9 Å². The van der Waals surface area contributed by atoms with Crippen molar-refractivity contribution in [2.24, 2.45) is 0 Å². The van der Waals surface area contributed by atoms with E-state index in [4.69, 9.17) is 14.7 Å². The molecule has 0 amide bonds. The summed E-state index contributed by atoms with van der Waals surface area (Å²) in [5.74, 6) is 1.83. The maximum Gasteiger partial charge on any atom is 0.138 e. The lowest BCUT2D eigenvalue weighted by atomic mass is 9.98. The number of rotatable bonds is 2. The number of fused-ring (bicyclic) bond motifs is 2. The first kappa shape index (κ1) is 12.3. The fourth-order valence-corrected chi connectivity index (χ4v) is 3.49. The second-order valence-corrected chi connectivity index (χ2v) is 5.80. The van der Waals surface area contributed by atoms with E-state index in [1.807, 2.05) is 0 Å². The maximum atomic E-state index is 9.03. The third kappa shape index (κ3) is 1.73. The Morgan fingerprint density at radius 3 is 2.44 bits per heavy atom. The molecule has 2 aliphatic rings. The van der Waals surface area contributed by atoms with Crippen molar-refractivity contribution in [3.63, 3.8) is 0 Å². The Bertz CT molecular complexity index is 464. The number of halogens is 1. The van der Waals surface area contributed by atoms with Crippen molar-refractivity contribution in [2.45, 2.75) is 45.4 Å². The fraction of sp³-hybridized carbons (Fsp3) is 0.538. The van der Waals surface area contributed by atoms with Crippen LogP contribution in [-0.2, 0) is 19.4 Å². The smallest absolute Gasteiger partial charge is 0.138 e. The van der Waals surface area contributed by atoms with Gasteiger partial charge in [0.1, 0.15) is 23.7 Å². The third-order valence-corrected chi connectivity index (χ3v) is 4.37. The second kappa shape index (κ2) is 4.40. The Balaban J connectivity index is 2.19. The highest BCUT2D eigenvalue weighted by atomic mass is 79.9. The average Bonchev–Trinajstić information content (AvgIpc) is 2.88. The van der Waals surface area contributed by atoms with Gasteiger partial charge in [-0.3, -0.25) is 0 Å². The van der Waals surface area contributed by atoms with Gasteiger partial charge in [-0.05, 0) is 29.8 Å². The van der Waals surface area contributed by atoms with E-state index < -0.39 is 0 Å². The van der Waals surface area contributed by atoms with Crippen molar-refractivity contribution in [3.8, 4) is 11.5 Å². The summed E-state index contributed by atoms with van der Waals surface area (Å²) >= 11 is 3.64. The van der Waals surface area contributed by atoms with E-state index in [1.165, 1.54) is 0 Å². The van der Waals surface area contributed by atoms with Crippen LogP contribution in [0.3, 0.4) is 0 Å². The molecule has 2 atom stereocenters. The molecule has 5 heteroatoms. The maximum absolute atomic E-state index is 9.03. The van der Waals surface area contributed by atoms with Crippen LogP contribution in [0.2, 0.25) is 0 Å². The van der Waals surface area contributed by atoms with Crippen molar-refractivity contribution in [3.05, 3.63) is 21.2 Å². The molecule has 0 radical (unpaired) electrons. The highest BCUT2D eigenvalue weighted by molar-refractivity contribution is 9.10. The average molecular weight is 314 g/mol. The summed E-state index contributed by atoms with van der Waals surface area (Å²) in [6.07, 6.45) is 2.08. The summed E-state index contributed by atoms with van der Waals surface area (Å²) in [5, 5.41) is 9.03. The zero-order valence-electron chi connectivity index (χ0n) is 10.4. The van der Waals surface area contributed by atoms with E-state index in [1.54, 1.807) is 0 Å². The minimum absolute atomic E-state index is 0.175. The molecule has 2 unspecified atom stereocenters.